The molecule has 4 nitrogen and oxygen atoms in total. The van der Waals surface area contributed by atoms with Crippen molar-refractivity contribution < 1.29 is 5.11 Å². The number of azo groups is 1. The molecule has 0 fully saturated rings. The van der Waals surface area contributed by atoms with E-state index in [1.54, 1.807) is 0 Å². The van der Waals surface area contributed by atoms with Crippen LogP contribution in [0.1, 0.15) is 6.92 Å². The van der Waals surface area contributed by atoms with Gasteiger partial charge in [0, 0.05) is 6.08 Å². The molecule has 0 aromatic heterocycles. The lowest BCUT2D eigenvalue weighted by Gasteiger charge is -2.03. The van der Waals surface area contributed by atoms with E-state index in [1.807, 2.05) is 0 Å². The van der Waals surface area contributed by atoms with Gasteiger partial charge in [-0.1, -0.05) is 0 Å². The Hall–Kier alpha value is -0.900. The molecule has 3 N–H and O–H groups in total. The highest BCUT2D eigenvalue weighted by Crippen LogP contribution is 2.16. The lowest BCUT2D eigenvalue weighted by molar-refractivity contribution is 0.120. The lowest BCUT2D eigenvalue weighted by atomic mass is 10.3. The van der Waals surface area contributed by atoms with Gasteiger partial charge in [-0.25, -0.2) is 0 Å². The Kier molecular flexibility index (Phi) is 0.844. The highest BCUT2D eigenvalue weighted by molar-refractivity contribution is 5.07. The van der Waals surface area contributed by atoms with Crippen LogP contribution in [-0.4, -0.2) is 10.8 Å². The van der Waals surface area contributed by atoms with Gasteiger partial charge in [-0.2, -0.15) is 0 Å². The van der Waals surface area contributed by atoms with Crippen molar-refractivity contribution in [3.05, 3.63) is 11.9 Å². The van der Waals surface area contributed by atoms with Gasteiger partial charge in [-0.3, -0.25) is 0 Å². The van der Waals surface area contributed by atoms with Gasteiger partial charge in [0.1, 0.15) is 5.82 Å². The first-order valence-corrected chi connectivity index (χ1v) is 2.24. The summed E-state index contributed by atoms with van der Waals surface area (Å²) in [7, 11) is 0. The van der Waals surface area contributed by atoms with E-state index in [4.69, 9.17) is 10.8 Å². The second kappa shape index (κ2) is 1.29. The van der Waals surface area contributed by atoms with E-state index in [9.17, 15) is 0 Å². The largest absolute Gasteiger partial charge is 0.382 e. The van der Waals surface area contributed by atoms with Gasteiger partial charge in [0.2, 0.25) is 0 Å². The molecule has 1 aliphatic heterocycles. The van der Waals surface area contributed by atoms with Crippen molar-refractivity contribution in [3.8, 4) is 0 Å². The average Bonchev–Trinajstić information content (AvgIpc) is 1.82. The molecule has 1 atom stereocenters. The normalized spacial score (nSPS) is 35.5. The molecule has 0 bridgehead atoms. The van der Waals surface area contributed by atoms with Crippen molar-refractivity contribution in [2.24, 2.45) is 16.0 Å². The van der Waals surface area contributed by atoms with Crippen LogP contribution in [0.2, 0.25) is 0 Å². The summed E-state index contributed by atoms with van der Waals surface area (Å²) in [5, 5.41) is 15.8. The summed E-state index contributed by atoms with van der Waals surface area (Å²) in [5.41, 5.74) is 3.99. The molecule has 0 aliphatic carbocycles. The standard InChI is InChI=1S/C4H7N3O/c1-4(8)2-3(5)6-7-4/h2,8H,5H2,1H3. The average molecular weight is 113 g/mol. The Morgan fingerprint density at radius 1 is 1.88 bits per heavy atom. The zero-order chi connectivity index (χ0) is 6.20. The first-order valence-electron chi connectivity index (χ1n) is 2.24. The van der Waals surface area contributed by atoms with Crippen LogP contribution in [0.4, 0.5) is 0 Å². The predicted octanol–water partition coefficient (Wildman–Crippen LogP) is -0.0392. The first kappa shape index (κ1) is 5.24. The van der Waals surface area contributed by atoms with Crippen molar-refractivity contribution in [2.45, 2.75) is 12.6 Å². The summed E-state index contributed by atoms with van der Waals surface area (Å²) in [6, 6.07) is 0. The van der Waals surface area contributed by atoms with Crippen LogP contribution in [0, 0.1) is 0 Å². The van der Waals surface area contributed by atoms with Crippen molar-refractivity contribution >= 4 is 0 Å². The summed E-state index contributed by atoms with van der Waals surface area (Å²) >= 11 is 0. The molecular weight excluding hydrogens is 106 g/mol. The molecule has 0 saturated carbocycles. The van der Waals surface area contributed by atoms with Gasteiger partial charge in [-0.05, 0) is 6.92 Å². The maximum atomic E-state index is 8.95. The summed E-state index contributed by atoms with van der Waals surface area (Å²) in [5.74, 6) is 0.273. The Balaban J connectivity index is 2.84. The Morgan fingerprint density at radius 2 is 2.50 bits per heavy atom. The molecule has 1 unspecified atom stereocenters. The number of hydrogen-bond donors (Lipinski definition) is 2. The quantitative estimate of drug-likeness (QED) is 0.462. The fourth-order valence-corrected chi connectivity index (χ4v) is 0.497. The molecule has 1 rings (SSSR count). The van der Waals surface area contributed by atoms with Crippen LogP contribution in [0.5, 0.6) is 0 Å². The third kappa shape index (κ3) is 0.840. The second-order valence-electron chi connectivity index (χ2n) is 1.86. The summed E-state index contributed by atoms with van der Waals surface area (Å²) < 4.78 is 0. The van der Waals surface area contributed by atoms with E-state index in [1.165, 1.54) is 13.0 Å². The highest BCUT2D eigenvalue weighted by atomic mass is 16.3. The van der Waals surface area contributed by atoms with E-state index >= 15 is 0 Å². The van der Waals surface area contributed by atoms with Gasteiger partial charge < -0.3 is 10.8 Å². The first-order chi connectivity index (χ1) is 3.60. The van der Waals surface area contributed by atoms with E-state index in [0.717, 1.165) is 0 Å². The highest BCUT2D eigenvalue weighted by Gasteiger charge is 2.20. The Morgan fingerprint density at radius 3 is 2.62 bits per heavy atom. The molecule has 44 valence electrons. The van der Waals surface area contributed by atoms with Gasteiger partial charge in [0.05, 0.1) is 0 Å². The fourth-order valence-electron chi connectivity index (χ4n) is 0.497. The van der Waals surface area contributed by atoms with Crippen LogP contribution in [-0.2, 0) is 0 Å². The maximum absolute atomic E-state index is 8.95. The molecule has 0 amide bonds. The molecule has 0 radical (unpaired) electrons. The topological polar surface area (TPSA) is 71.0 Å². The fraction of sp³-hybridized carbons (Fsp3) is 0.500. The second-order valence-corrected chi connectivity index (χ2v) is 1.86. The SMILES string of the molecule is CC1(O)C=C(N)N=N1. The van der Waals surface area contributed by atoms with E-state index < -0.39 is 5.72 Å². The van der Waals surface area contributed by atoms with E-state index in [-0.39, 0.29) is 5.82 Å². The van der Waals surface area contributed by atoms with Crippen molar-refractivity contribution in [2.75, 3.05) is 0 Å². The minimum Gasteiger partial charge on any atom is -0.382 e. The number of nitrogens with zero attached hydrogens (tertiary/aromatic N) is 2. The summed E-state index contributed by atoms with van der Waals surface area (Å²) in [6.07, 6.45) is 1.38. The molecule has 0 aromatic carbocycles. The van der Waals surface area contributed by atoms with Gasteiger partial charge in [-0.15, -0.1) is 10.2 Å². The molecular formula is C4H7N3O. The Labute approximate surface area is 46.7 Å². The number of nitrogens with two attached hydrogens (primary N) is 1. The summed E-state index contributed by atoms with van der Waals surface area (Å²) in [6.45, 7) is 1.51. The van der Waals surface area contributed by atoms with Crippen LogP contribution in [0.15, 0.2) is 22.1 Å². The van der Waals surface area contributed by atoms with Gasteiger partial charge in [0.25, 0.3) is 0 Å². The van der Waals surface area contributed by atoms with Crippen molar-refractivity contribution in [3.63, 3.8) is 0 Å². The molecule has 0 aromatic rings. The lowest BCUT2D eigenvalue weighted by Crippen LogP contribution is -2.13. The van der Waals surface area contributed by atoms with Crippen molar-refractivity contribution in [1.29, 1.82) is 0 Å². The number of aliphatic hydroxyl groups is 1. The van der Waals surface area contributed by atoms with Crippen LogP contribution in [0.25, 0.3) is 0 Å². The van der Waals surface area contributed by atoms with Crippen LogP contribution < -0.4 is 5.73 Å². The zero-order valence-corrected chi connectivity index (χ0v) is 4.50. The smallest absolute Gasteiger partial charge is 0.196 e. The molecule has 1 heterocycles. The molecule has 4 heteroatoms. The Bertz CT molecular complexity index is 159. The number of rotatable bonds is 0. The predicted molar refractivity (Wildman–Crippen MR) is 27.8 cm³/mol. The minimum absolute atomic E-state index is 0.273. The van der Waals surface area contributed by atoms with Gasteiger partial charge >= 0.3 is 0 Å². The third-order valence-electron chi connectivity index (χ3n) is 0.789. The monoisotopic (exact) mass is 113 g/mol. The molecule has 1 aliphatic rings. The molecule has 8 heavy (non-hydrogen) atoms. The third-order valence-corrected chi connectivity index (χ3v) is 0.789. The van der Waals surface area contributed by atoms with Crippen molar-refractivity contribution in [1.82, 2.24) is 0 Å². The molecule has 0 saturated heterocycles. The van der Waals surface area contributed by atoms with E-state index in [2.05, 4.69) is 10.2 Å². The van der Waals surface area contributed by atoms with E-state index in [0.29, 0.717) is 0 Å². The zero-order valence-electron chi connectivity index (χ0n) is 4.50. The number of hydrogen-bond acceptors (Lipinski definition) is 4. The maximum Gasteiger partial charge on any atom is 0.196 e. The van der Waals surface area contributed by atoms with Crippen LogP contribution >= 0.6 is 0 Å². The molecule has 0 spiro atoms. The van der Waals surface area contributed by atoms with Crippen LogP contribution in [0.3, 0.4) is 0 Å². The summed E-state index contributed by atoms with van der Waals surface area (Å²) in [4.78, 5) is 0. The van der Waals surface area contributed by atoms with Gasteiger partial charge in [0.15, 0.2) is 5.72 Å². The minimum atomic E-state index is -1.16.